The first kappa shape index (κ1) is 33.3. The molecule has 1 spiro atoms. The van der Waals surface area contributed by atoms with Gasteiger partial charge < -0.3 is 9.13 Å². The van der Waals surface area contributed by atoms with Gasteiger partial charge in [0.05, 0.1) is 50.1 Å². The molecule has 11 aromatic rings. The summed E-state index contributed by atoms with van der Waals surface area (Å²) in [5.74, 6) is 0. The van der Waals surface area contributed by atoms with Crippen molar-refractivity contribution < 1.29 is 0 Å². The molecule has 0 saturated carbocycles. The van der Waals surface area contributed by atoms with Crippen molar-refractivity contribution in [2.45, 2.75) is 15.2 Å². The molecule has 7 aromatic carbocycles. The maximum atomic E-state index is 10.5. The SMILES string of the molecule is N#Cc1ccc(-n2c3ccccc3c3cc(-c4ccc5c(c4)C4(c6ccccc6S5)c5cccnc5-c5ncccc54)ccc32)cc1-n1c2ccccc2c2ccccc21. The molecule has 0 N–H and O–H groups in total. The fourth-order valence-corrected chi connectivity index (χ4v) is 11.5. The first-order valence-electron chi connectivity index (χ1n) is 20.1. The first-order valence-corrected chi connectivity index (χ1v) is 20.9. The zero-order chi connectivity index (χ0) is 39.5. The third-order valence-electron chi connectivity index (χ3n) is 12.7. The molecule has 60 heavy (non-hydrogen) atoms. The third kappa shape index (κ3) is 4.36. The molecule has 1 aliphatic heterocycles. The van der Waals surface area contributed by atoms with E-state index in [2.05, 4.69) is 185 Å². The minimum Gasteiger partial charge on any atom is -0.309 e. The second-order valence-corrected chi connectivity index (χ2v) is 16.7. The Hall–Kier alpha value is -7.72. The van der Waals surface area contributed by atoms with E-state index in [-0.39, 0.29) is 0 Å². The van der Waals surface area contributed by atoms with Crippen LogP contribution in [0.1, 0.15) is 27.8 Å². The quantitative estimate of drug-likeness (QED) is 0.179. The molecule has 278 valence electrons. The number of aromatic nitrogens is 4. The maximum absolute atomic E-state index is 10.5. The van der Waals surface area contributed by atoms with E-state index >= 15 is 0 Å². The minimum atomic E-state index is -0.551. The summed E-state index contributed by atoms with van der Waals surface area (Å²) in [6.45, 7) is 0. The van der Waals surface area contributed by atoms with Gasteiger partial charge in [-0.2, -0.15) is 5.26 Å². The Balaban J connectivity index is 1.01. The molecule has 5 heterocycles. The highest BCUT2D eigenvalue weighted by atomic mass is 32.2. The van der Waals surface area contributed by atoms with Crippen molar-refractivity contribution in [1.29, 1.82) is 5.26 Å². The lowest BCUT2D eigenvalue weighted by Gasteiger charge is -2.39. The van der Waals surface area contributed by atoms with Crippen LogP contribution in [0.2, 0.25) is 0 Å². The number of rotatable bonds is 3. The number of benzene rings is 7. The molecule has 1 aliphatic carbocycles. The Morgan fingerprint density at radius 3 is 1.70 bits per heavy atom. The van der Waals surface area contributed by atoms with Crippen molar-refractivity contribution >= 4 is 55.4 Å². The highest BCUT2D eigenvalue weighted by molar-refractivity contribution is 7.99. The van der Waals surface area contributed by atoms with Gasteiger partial charge in [0.15, 0.2) is 0 Å². The van der Waals surface area contributed by atoms with E-state index in [0.29, 0.717) is 5.56 Å². The molecule has 13 rings (SSSR count). The second kappa shape index (κ2) is 12.4. The fourth-order valence-electron chi connectivity index (χ4n) is 10.3. The average Bonchev–Trinajstić information content (AvgIpc) is 3.93. The van der Waals surface area contributed by atoms with Crippen LogP contribution in [0.4, 0.5) is 0 Å². The molecule has 0 radical (unpaired) electrons. The average molecular weight is 782 g/mol. The largest absolute Gasteiger partial charge is 0.309 e. The summed E-state index contributed by atoms with van der Waals surface area (Å²) >= 11 is 1.84. The monoisotopic (exact) mass is 781 g/mol. The summed E-state index contributed by atoms with van der Waals surface area (Å²) in [4.78, 5) is 12.4. The number of pyridine rings is 2. The fraction of sp³-hybridized carbons (Fsp3) is 0.0185. The lowest BCUT2D eigenvalue weighted by atomic mass is 9.67. The van der Waals surface area contributed by atoms with E-state index in [1.165, 1.54) is 42.8 Å². The molecule has 5 nitrogen and oxygen atoms in total. The third-order valence-corrected chi connectivity index (χ3v) is 13.9. The number of para-hydroxylation sites is 3. The standard InChI is InChI=1S/C54H31N5S/c55-32-35-21-24-36(31-49(35)59-46-18-6-1-11-37(46)38-12-2-7-19-47(38)59)58-45-17-5-3-13-39(45)40-29-33(22-25-48(40)58)34-23-26-51-44(30-34)54(41-14-4-8-20-50(41)60-51)42-15-9-27-56-52(42)53-43(54)16-10-28-57-53/h1-31H. The van der Waals surface area contributed by atoms with Gasteiger partial charge in [0.25, 0.3) is 0 Å². The smallest absolute Gasteiger partial charge is 0.101 e. The Morgan fingerprint density at radius 1 is 0.450 bits per heavy atom. The summed E-state index contributed by atoms with van der Waals surface area (Å²) in [5.41, 5.74) is 15.4. The van der Waals surface area contributed by atoms with Gasteiger partial charge in [0.2, 0.25) is 0 Å². The van der Waals surface area contributed by atoms with Gasteiger partial charge in [0, 0.05) is 49.4 Å². The van der Waals surface area contributed by atoms with Crippen LogP contribution in [0, 0.1) is 11.3 Å². The maximum Gasteiger partial charge on any atom is 0.101 e. The van der Waals surface area contributed by atoms with E-state index in [4.69, 9.17) is 9.97 Å². The Morgan fingerprint density at radius 2 is 1.00 bits per heavy atom. The van der Waals surface area contributed by atoms with Crippen LogP contribution in [0.3, 0.4) is 0 Å². The Bertz CT molecular complexity index is 3580. The number of nitriles is 1. The van der Waals surface area contributed by atoms with E-state index in [1.807, 2.05) is 30.2 Å². The predicted molar refractivity (Wildman–Crippen MR) is 242 cm³/mol. The highest BCUT2D eigenvalue weighted by Crippen LogP contribution is 2.61. The van der Waals surface area contributed by atoms with Gasteiger partial charge in [-0.25, -0.2) is 0 Å². The van der Waals surface area contributed by atoms with Crippen molar-refractivity contribution in [1.82, 2.24) is 19.1 Å². The molecule has 0 atom stereocenters. The molecule has 6 heteroatoms. The topological polar surface area (TPSA) is 59.4 Å². The van der Waals surface area contributed by atoms with Gasteiger partial charge in [-0.3, -0.25) is 9.97 Å². The number of nitrogens with zero attached hydrogens (tertiary/aromatic N) is 5. The summed E-state index contributed by atoms with van der Waals surface area (Å²) in [5, 5.41) is 15.1. The van der Waals surface area contributed by atoms with Gasteiger partial charge in [-0.05, 0) is 112 Å². The first-order chi connectivity index (χ1) is 29.7. The lowest BCUT2D eigenvalue weighted by molar-refractivity contribution is 0.720. The second-order valence-electron chi connectivity index (χ2n) is 15.6. The predicted octanol–water partition coefficient (Wildman–Crippen LogP) is 13.0. The van der Waals surface area contributed by atoms with Gasteiger partial charge in [-0.1, -0.05) is 109 Å². The van der Waals surface area contributed by atoms with Crippen molar-refractivity contribution in [2.24, 2.45) is 0 Å². The normalized spacial score (nSPS) is 13.4. The molecule has 4 aromatic heterocycles. The highest BCUT2D eigenvalue weighted by Gasteiger charge is 2.51. The van der Waals surface area contributed by atoms with Crippen molar-refractivity contribution in [3.05, 3.63) is 216 Å². The molecular formula is C54H31N5S. The van der Waals surface area contributed by atoms with Crippen LogP contribution < -0.4 is 0 Å². The van der Waals surface area contributed by atoms with E-state index < -0.39 is 5.41 Å². The number of hydrogen-bond donors (Lipinski definition) is 0. The van der Waals surface area contributed by atoms with Crippen LogP contribution in [0.5, 0.6) is 0 Å². The van der Waals surface area contributed by atoms with Gasteiger partial charge in [0.1, 0.15) is 6.07 Å². The van der Waals surface area contributed by atoms with E-state index in [9.17, 15) is 5.26 Å². The Labute approximate surface area is 349 Å². The number of hydrogen-bond acceptors (Lipinski definition) is 4. The number of fused-ring (bicyclic) bond motifs is 15. The molecule has 0 saturated heterocycles. The van der Waals surface area contributed by atoms with E-state index in [1.54, 1.807) is 0 Å². The van der Waals surface area contributed by atoms with Gasteiger partial charge in [-0.15, -0.1) is 0 Å². The summed E-state index contributed by atoms with van der Waals surface area (Å²) in [6, 6.07) is 65.5. The molecule has 0 bridgehead atoms. The van der Waals surface area contributed by atoms with Crippen molar-refractivity contribution in [2.75, 3.05) is 0 Å². The summed E-state index contributed by atoms with van der Waals surface area (Å²) in [6.07, 6.45) is 3.76. The summed E-state index contributed by atoms with van der Waals surface area (Å²) < 4.78 is 4.58. The Kier molecular flexibility index (Phi) is 6.87. The molecule has 0 unspecified atom stereocenters. The molecule has 0 amide bonds. The van der Waals surface area contributed by atoms with E-state index in [0.717, 1.165) is 66.7 Å². The van der Waals surface area contributed by atoms with Crippen molar-refractivity contribution in [3.63, 3.8) is 0 Å². The summed E-state index contributed by atoms with van der Waals surface area (Å²) in [7, 11) is 0. The van der Waals surface area contributed by atoms with Crippen LogP contribution in [-0.4, -0.2) is 19.1 Å². The molecule has 2 aliphatic rings. The van der Waals surface area contributed by atoms with Crippen molar-refractivity contribution in [3.8, 4) is 40.0 Å². The minimum absolute atomic E-state index is 0.551. The zero-order valence-corrected chi connectivity index (χ0v) is 32.9. The zero-order valence-electron chi connectivity index (χ0n) is 32.0. The van der Waals surface area contributed by atoms with Crippen LogP contribution in [0.15, 0.2) is 198 Å². The lowest BCUT2D eigenvalue weighted by Crippen LogP contribution is -2.32. The van der Waals surface area contributed by atoms with Crippen LogP contribution in [0.25, 0.3) is 77.5 Å². The molecular weight excluding hydrogens is 751 g/mol. The van der Waals surface area contributed by atoms with Gasteiger partial charge >= 0.3 is 0 Å². The molecule has 0 fully saturated rings. The van der Waals surface area contributed by atoms with Crippen LogP contribution in [-0.2, 0) is 5.41 Å². The van der Waals surface area contributed by atoms with Crippen LogP contribution >= 0.6 is 11.8 Å².